The highest BCUT2D eigenvalue weighted by Gasteiger charge is 2.54. The summed E-state index contributed by atoms with van der Waals surface area (Å²) in [7, 11) is 2.75. The van der Waals surface area contributed by atoms with Gasteiger partial charge in [0, 0.05) is 23.9 Å². The number of anilines is 1. The van der Waals surface area contributed by atoms with Gasteiger partial charge in [-0.25, -0.2) is 14.6 Å². The van der Waals surface area contributed by atoms with Crippen molar-refractivity contribution in [2.45, 2.75) is 54.8 Å². The van der Waals surface area contributed by atoms with Crippen LogP contribution in [0.1, 0.15) is 37.8 Å². The van der Waals surface area contributed by atoms with Crippen LogP contribution < -0.4 is 22.2 Å². The van der Waals surface area contributed by atoms with E-state index in [1.54, 1.807) is 0 Å². The number of H-pyrrole nitrogens is 1. The lowest BCUT2D eigenvalue weighted by Crippen LogP contribution is -2.71. The Kier molecular flexibility index (Phi) is 11.4. The maximum atomic E-state index is 13.5. The van der Waals surface area contributed by atoms with Gasteiger partial charge in [-0.15, -0.1) is 23.1 Å². The van der Waals surface area contributed by atoms with E-state index in [2.05, 4.69) is 25.5 Å². The van der Waals surface area contributed by atoms with E-state index in [-0.39, 0.29) is 58.2 Å². The normalized spacial score (nSPS) is 19.7. The molecule has 2 fully saturated rings. The molecule has 2 aromatic rings. The Hall–Kier alpha value is -4.37. The molecule has 3 aliphatic rings. The molecule has 0 spiro atoms. The van der Waals surface area contributed by atoms with Crippen LogP contribution in [0, 0.1) is 0 Å². The van der Waals surface area contributed by atoms with Gasteiger partial charge < -0.3 is 30.1 Å². The Bertz CT molecular complexity index is 1750. The maximum absolute atomic E-state index is 13.5. The van der Waals surface area contributed by atoms with Crippen LogP contribution in [0.5, 0.6) is 0 Å². The molecular formula is C27H32N8O10S3. The lowest BCUT2D eigenvalue weighted by atomic mass is 9.98. The Morgan fingerprint density at radius 3 is 2.60 bits per heavy atom. The summed E-state index contributed by atoms with van der Waals surface area (Å²) < 4.78 is 17.1. The molecule has 1 saturated carbocycles. The fraction of sp³-hybridized carbons (Fsp3) is 0.519. The quantitative estimate of drug-likeness (QED) is 0.0509. The molecule has 4 N–H and O–H groups in total. The molecule has 2 atom stereocenters. The minimum Gasteiger partial charge on any atom is -0.457 e. The second-order valence-electron chi connectivity index (χ2n) is 10.6. The number of thiazole rings is 1. The van der Waals surface area contributed by atoms with Crippen LogP contribution in [-0.2, 0) is 40.5 Å². The van der Waals surface area contributed by atoms with E-state index in [4.69, 9.17) is 24.8 Å². The molecule has 2 aromatic heterocycles. The lowest BCUT2D eigenvalue weighted by molar-refractivity contribution is -0.153. The zero-order chi connectivity index (χ0) is 34.4. The Balaban J connectivity index is 1.28. The number of rotatable bonds is 12. The predicted octanol–water partition coefficient (Wildman–Crippen LogP) is 0.333. The number of oxime groups is 1. The number of carbonyl (C=O) groups is 4. The Labute approximate surface area is 284 Å². The van der Waals surface area contributed by atoms with Crippen molar-refractivity contribution in [1.82, 2.24) is 30.0 Å². The molecular weight excluding hydrogens is 693 g/mol. The lowest BCUT2D eigenvalue weighted by Gasteiger charge is -2.49. The molecule has 4 heterocycles. The number of hydrogen-bond acceptors (Lipinski definition) is 17. The first-order chi connectivity index (χ1) is 23.1. The standard InChI is InChI=1S/C27H32N8O10S3/c1-34-26(31-20(37)21(38)32-34)48-11-13-10-46-23-17(30-19(36)16(33-42-2)15-12-47-25(28)29-15)22(39)35(23)18(13)24(40)43-8-9-44-27(41)45-14-6-4-3-5-7-14/h12,14,17,23H,3-11H2,1-2H3,(H2,28,29)(H,30,36)(H,32,38)/b33-16+/t17-,23-/m1/s1. The number of aryl methyl sites for hydroxylation is 1. The van der Waals surface area contributed by atoms with E-state index in [9.17, 15) is 28.8 Å². The fourth-order valence-electron chi connectivity index (χ4n) is 5.11. The highest BCUT2D eigenvalue weighted by Crippen LogP contribution is 2.42. The van der Waals surface area contributed by atoms with Crippen LogP contribution in [0.15, 0.2) is 36.6 Å². The number of fused-ring (bicyclic) bond motifs is 1. The topological polar surface area (TPSA) is 239 Å². The molecule has 1 saturated heterocycles. The predicted molar refractivity (Wildman–Crippen MR) is 173 cm³/mol. The Morgan fingerprint density at radius 1 is 1.15 bits per heavy atom. The number of esters is 1. The smallest absolute Gasteiger partial charge is 0.457 e. The number of nitrogens with zero attached hydrogens (tertiary/aromatic N) is 5. The molecule has 2 amide bonds. The van der Waals surface area contributed by atoms with Crippen LogP contribution >= 0.6 is 34.9 Å². The molecule has 2 aliphatic heterocycles. The molecule has 21 heteroatoms. The number of nitrogens with one attached hydrogen (secondary N) is 2. The van der Waals surface area contributed by atoms with Gasteiger partial charge in [0.1, 0.15) is 49.2 Å². The van der Waals surface area contributed by atoms with Crippen LogP contribution in [0.3, 0.4) is 0 Å². The molecule has 0 aromatic carbocycles. The van der Waals surface area contributed by atoms with Gasteiger partial charge in [0.2, 0.25) is 0 Å². The van der Waals surface area contributed by atoms with E-state index < -0.39 is 46.5 Å². The zero-order valence-electron chi connectivity index (χ0n) is 25.8. The summed E-state index contributed by atoms with van der Waals surface area (Å²) >= 11 is 3.44. The van der Waals surface area contributed by atoms with Crippen molar-refractivity contribution in [3.05, 3.63) is 43.1 Å². The first-order valence-electron chi connectivity index (χ1n) is 14.7. The van der Waals surface area contributed by atoms with E-state index in [0.717, 1.165) is 55.2 Å². The van der Waals surface area contributed by atoms with E-state index >= 15 is 0 Å². The third kappa shape index (κ3) is 8.01. The fourth-order valence-corrected chi connectivity index (χ4v) is 8.06. The molecule has 0 unspecified atom stereocenters. The summed E-state index contributed by atoms with van der Waals surface area (Å²) in [5.41, 5.74) is 4.23. The highest BCUT2D eigenvalue weighted by molar-refractivity contribution is 8.01. The van der Waals surface area contributed by atoms with Gasteiger partial charge in [0.15, 0.2) is 16.0 Å². The number of thioether (sulfide) groups is 2. The van der Waals surface area contributed by atoms with Gasteiger partial charge in [-0.05, 0) is 31.3 Å². The average molecular weight is 725 g/mol. The molecule has 5 rings (SSSR count). The number of nitrogen functional groups attached to an aromatic ring is 1. The van der Waals surface area contributed by atoms with Crippen LogP contribution in [0.4, 0.5) is 9.93 Å². The highest BCUT2D eigenvalue weighted by atomic mass is 32.2. The van der Waals surface area contributed by atoms with Gasteiger partial charge in [0.05, 0.1) is 0 Å². The van der Waals surface area contributed by atoms with Crippen LogP contribution in [0.25, 0.3) is 0 Å². The summed E-state index contributed by atoms with van der Waals surface area (Å²) in [5.74, 6) is -1.86. The number of hydrogen-bond donors (Lipinski definition) is 3. The third-order valence-corrected chi connectivity index (χ3v) is 10.5. The van der Waals surface area contributed by atoms with Crippen molar-refractivity contribution >= 4 is 69.6 Å². The third-order valence-electron chi connectivity index (χ3n) is 7.36. The van der Waals surface area contributed by atoms with Gasteiger partial charge >= 0.3 is 23.2 Å². The molecule has 258 valence electrons. The number of nitrogens with two attached hydrogens (primary N) is 1. The van der Waals surface area contributed by atoms with Crippen LogP contribution in [0.2, 0.25) is 0 Å². The monoisotopic (exact) mass is 724 g/mol. The number of β-lactam (4-membered cyclic amide) rings is 1. The van der Waals surface area contributed by atoms with Gasteiger partial charge in [-0.2, -0.15) is 4.98 Å². The summed E-state index contributed by atoms with van der Waals surface area (Å²) in [6, 6.07) is -1.03. The van der Waals surface area contributed by atoms with E-state index in [1.165, 1.54) is 40.9 Å². The number of amides is 2. The van der Waals surface area contributed by atoms with E-state index in [1.807, 2.05) is 0 Å². The second kappa shape index (κ2) is 15.7. The number of ether oxygens (including phenoxy) is 3. The molecule has 0 radical (unpaired) electrons. The largest absolute Gasteiger partial charge is 0.508 e. The first-order valence-corrected chi connectivity index (χ1v) is 17.6. The molecule has 0 bridgehead atoms. The van der Waals surface area contributed by atoms with Crippen LogP contribution in [-0.4, -0.2) is 104 Å². The van der Waals surface area contributed by atoms with Crippen molar-refractivity contribution in [3.8, 4) is 0 Å². The number of aromatic amines is 1. The minimum absolute atomic E-state index is 0.0565. The van der Waals surface area contributed by atoms with Crippen molar-refractivity contribution in [2.24, 2.45) is 12.2 Å². The van der Waals surface area contributed by atoms with E-state index in [0.29, 0.717) is 5.57 Å². The number of aromatic nitrogens is 4. The van der Waals surface area contributed by atoms with Crippen molar-refractivity contribution in [1.29, 1.82) is 0 Å². The molecule has 18 nitrogen and oxygen atoms in total. The van der Waals surface area contributed by atoms with Crippen molar-refractivity contribution < 1.29 is 38.2 Å². The summed E-state index contributed by atoms with van der Waals surface area (Å²) in [5, 5.41) is 9.94. The van der Waals surface area contributed by atoms with Gasteiger partial charge in [-0.1, -0.05) is 23.3 Å². The number of carbonyl (C=O) groups excluding carboxylic acids is 4. The first kappa shape index (κ1) is 35.0. The van der Waals surface area contributed by atoms with Gasteiger partial charge in [-0.3, -0.25) is 33.9 Å². The van der Waals surface area contributed by atoms with Gasteiger partial charge in [0.25, 0.3) is 11.8 Å². The summed E-state index contributed by atoms with van der Waals surface area (Å²) in [6.07, 6.45) is 3.53. The van der Waals surface area contributed by atoms with Crippen molar-refractivity contribution in [3.63, 3.8) is 0 Å². The second-order valence-corrected chi connectivity index (χ2v) is 13.5. The molecule has 48 heavy (non-hydrogen) atoms. The Morgan fingerprint density at radius 2 is 1.90 bits per heavy atom. The molecule has 1 aliphatic carbocycles. The summed E-state index contributed by atoms with van der Waals surface area (Å²) in [4.78, 5) is 89.5. The van der Waals surface area contributed by atoms with Crippen molar-refractivity contribution in [2.75, 3.05) is 37.6 Å². The maximum Gasteiger partial charge on any atom is 0.508 e. The average Bonchev–Trinajstić information content (AvgIpc) is 3.50. The summed E-state index contributed by atoms with van der Waals surface area (Å²) in [6.45, 7) is -0.586. The zero-order valence-corrected chi connectivity index (χ0v) is 28.2. The SMILES string of the molecule is CO/N=C(/C(=O)N[C@@H]1C(=O)N2C(C(=O)OCCOC(=O)OC3CCCCC3)=C(CSc3nc(=O)c(=O)[nH]n3C)CS[C@H]12)c1csc(N)n1. The minimum atomic E-state index is -1.03.